The first-order chi connectivity index (χ1) is 15.2. The standard InChI is InChI=1S/C21H24ClFN2O5S2/c1-14(21(26)24-8-11-31-13-16-17(22)4-3-5-18(16)23)25(32(2,27)28)15-6-7-19-20(12-15)30-10-9-29-19/h3-7,12,14H,8-11,13H2,1-2H3,(H,24,26)/t14-/m1/s1. The average molecular weight is 503 g/mol. The summed E-state index contributed by atoms with van der Waals surface area (Å²) in [5.74, 6) is 1.01. The van der Waals surface area contributed by atoms with E-state index in [1.807, 2.05) is 0 Å². The first kappa shape index (κ1) is 24.5. The summed E-state index contributed by atoms with van der Waals surface area (Å²) >= 11 is 7.42. The van der Waals surface area contributed by atoms with E-state index in [0.29, 0.717) is 59.0 Å². The Morgan fingerprint density at radius 1 is 1.25 bits per heavy atom. The van der Waals surface area contributed by atoms with Gasteiger partial charge in [-0.2, -0.15) is 11.8 Å². The molecule has 1 N–H and O–H groups in total. The van der Waals surface area contributed by atoms with E-state index in [9.17, 15) is 17.6 Å². The van der Waals surface area contributed by atoms with Crippen LogP contribution in [0.3, 0.4) is 0 Å². The van der Waals surface area contributed by atoms with E-state index in [4.69, 9.17) is 21.1 Å². The van der Waals surface area contributed by atoms with E-state index in [1.54, 1.807) is 30.3 Å². The Labute approximate surface area is 196 Å². The lowest BCUT2D eigenvalue weighted by atomic mass is 10.2. The van der Waals surface area contributed by atoms with Crippen molar-refractivity contribution in [2.75, 3.05) is 36.1 Å². The lowest BCUT2D eigenvalue weighted by Gasteiger charge is -2.29. The van der Waals surface area contributed by atoms with Crippen LogP contribution in [-0.4, -0.2) is 52.1 Å². The molecular weight excluding hydrogens is 479 g/mol. The minimum absolute atomic E-state index is 0.290. The number of ether oxygens (including phenoxy) is 2. The number of rotatable bonds is 9. The zero-order valence-electron chi connectivity index (χ0n) is 17.6. The molecule has 1 atom stereocenters. The van der Waals surface area contributed by atoms with Gasteiger partial charge in [0.1, 0.15) is 25.1 Å². The van der Waals surface area contributed by atoms with Gasteiger partial charge in [-0.15, -0.1) is 0 Å². The van der Waals surface area contributed by atoms with Crippen molar-refractivity contribution in [3.63, 3.8) is 0 Å². The molecule has 0 aliphatic carbocycles. The predicted molar refractivity (Wildman–Crippen MR) is 125 cm³/mol. The van der Waals surface area contributed by atoms with Crippen LogP contribution in [0.5, 0.6) is 11.5 Å². The fraction of sp³-hybridized carbons (Fsp3) is 0.381. The maximum atomic E-state index is 13.8. The van der Waals surface area contributed by atoms with Crippen molar-refractivity contribution >= 4 is 45.0 Å². The summed E-state index contributed by atoms with van der Waals surface area (Å²) in [5.41, 5.74) is 0.726. The van der Waals surface area contributed by atoms with Crippen LogP contribution in [0.4, 0.5) is 10.1 Å². The lowest BCUT2D eigenvalue weighted by molar-refractivity contribution is -0.121. The molecule has 0 saturated heterocycles. The Kier molecular flexibility index (Phi) is 8.13. The molecule has 3 rings (SSSR count). The molecule has 0 radical (unpaired) electrons. The quantitative estimate of drug-likeness (QED) is 0.529. The molecule has 174 valence electrons. The second-order valence-corrected chi connectivity index (χ2v) is 10.5. The van der Waals surface area contributed by atoms with Crippen LogP contribution in [-0.2, 0) is 20.6 Å². The van der Waals surface area contributed by atoms with E-state index >= 15 is 0 Å². The van der Waals surface area contributed by atoms with Crippen molar-refractivity contribution in [3.05, 3.63) is 52.8 Å². The number of nitrogens with zero attached hydrogens (tertiary/aromatic N) is 1. The molecule has 0 saturated carbocycles. The largest absolute Gasteiger partial charge is 0.486 e. The lowest BCUT2D eigenvalue weighted by Crippen LogP contribution is -2.48. The highest BCUT2D eigenvalue weighted by Crippen LogP contribution is 2.35. The number of halogens is 2. The fourth-order valence-electron chi connectivity index (χ4n) is 3.22. The smallest absolute Gasteiger partial charge is 0.243 e. The highest BCUT2D eigenvalue weighted by atomic mass is 35.5. The van der Waals surface area contributed by atoms with Gasteiger partial charge in [0.15, 0.2) is 11.5 Å². The van der Waals surface area contributed by atoms with E-state index in [0.717, 1.165) is 10.6 Å². The molecule has 1 heterocycles. The third-order valence-electron chi connectivity index (χ3n) is 4.72. The maximum absolute atomic E-state index is 13.8. The van der Waals surface area contributed by atoms with Gasteiger partial charge in [0.2, 0.25) is 15.9 Å². The minimum Gasteiger partial charge on any atom is -0.486 e. The highest BCUT2D eigenvalue weighted by molar-refractivity contribution is 7.98. The van der Waals surface area contributed by atoms with Gasteiger partial charge in [-0.3, -0.25) is 9.10 Å². The number of anilines is 1. The van der Waals surface area contributed by atoms with Crippen LogP contribution in [0, 0.1) is 5.82 Å². The van der Waals surface area contributed by atoms with Gasteiger partial charge in [-0.05, 0) is 31.2 Å². The second kappa shape index (κ2) is 10.6. The van der Waals surface area contributed by atoms with Crippen LogP contribution in [0.15, 0.2) is 36.4 Å². The van der Waals surface area contributed by atoms with Gasteiger partial charge in [0.05, 0.1) is 11.9 Å². The second-order valence-electron chi connectivity index (χ2n) is 7.11. The minimum atomic E-state index is -3.75. The number of thioether (sulfide) groups is 1. The Morgan fingerprint density at radius 2 is 1.97 bits per heavy atom. The number of hydrogen-bond donors (Lipinski definition) is 1. The van der Waals surface area contributed by atoms with Crippen LogP contribution in [0.25, 0.3) is 0 Å². The summed E-state index contributed by atoms with van der Waals surface area (Å²) in [6, 6.07) is 8.28. The third-order valence-corrected chi connectivity index (χ3v) is 7.30. The Hall–Kier alpha value is -2.17. The van der Waals surface area contributed by atoms with Crippen molar-refractivity contribution in [2.24, 2.45) is 0 Å². The molecule has 0 aromatic heterocycles. The monoisotopic (exact) mass is 502 g/mol. The van der Waals surface area contributed by atoms with Crippen LogP contribution >= 0.6 is 23.4 Å². The molecular formula is C21H24ClFN2O5S2. The number of carbonyl (C=O) groups is 1. The van der Waals surface area contributed by atoms with Gasteiger partial charge >= 0.3 is 0 Å². The van der Waals surface area contributed by atoms with Crippen LogP contribution < -0.4 is 19.1 Å². The van der Waals surface area contributed by atoms with E-state index in [1.165, 1.54) is 24.8 Å². The van der Waals surface area contributed by atoms with Crippen molar-refractivity contribution in [1.82, 2.24) is 5.32 Å². The molecule has 1 amide bonds. The van der Waals surface area contributed by atoms with E-state index in [-0.39, 0.29) is 5.82 Å². The fourth-order valence-corrected chi connectivity index (χ4v) is 5.58. The number of sulfonamides is 1. The topological polar surface area (TPSA) is 84.9 Å². The summed E-state index contributed by atoms with van der Waals surface area (Å²) in [5, 5.41) is 3.09. The molecule has 1 aliphatic rings. The summed E-state index contributed by atoms with van der Waals surface area (Å²) in [4.78, 5) is 12.7. The summed E-state index contributed by atoms with van der Waals surface area (Å²) in [7, 11) is -3.75. The highest BCUT2D eigenvalue weighted by Gasteiger charge is 2.30. The first-order valence-corrected chi connectivity index (χ1v) is 13.2. The SMILES string of the molecule is C[C@H](C(=O)NCCSCc1c(F)cccc1Cl)N(c1ccc2c(c1)OCCO2)S(C)(=O)=O. The number of hydrogen-bond acceptors (Lipinski definition) is 6. The van der Waals surface area contributed by atoms with Crippen molar-refractivity contribution in [1.29, 1.82) is 0 Å². The number of nitrogens with one attached hydrogen (secondary N) is 1. The average Bonchev–Trinajstić information content (AvgIpc) is 2.74. The van der Waals surface area contributed by atoms with Crippen molar-refractivity contribution in [2.45, 2.75) is 18.7 Å². The van der Waals surface area contributed by atoms with Gasteiger partial charge < -0.3 is 14.8 Å². The Balaban J connectivity index is 1.59. The Bertz CT molecular complexity index is 1060. The van der Waals surface area contributed by atoms with Gasteiger partial charge in [-0.25, -0.2) is 12.8 Å². The number of benzene rings is 2. The number of fused-ring (bicyclic) bond motifs is 1. The Morgan fingerprint density at radius 3 is 2.66 bits per heavy atom. The summed E-state index contributed by atoms with van der Waals surface area (Å²) in [6.07, 6.45) is 1.04. The van der Waals surface area contributed by atoms with Gasteiger partial charge in [0.25, 0.3) is 0 Å². The van der Waals surface area contributed by atoms with E-state index < -0.39 is 22.0 Å². The van der Waals surface area contributed by atoms with Gasteiger partial charge in [0, 0.05) is 34.7 Å². The zero-order chi connectivity index (χ0) is 23.3. The molecule has 2 aromatic carbocycles. The molecule has 0 unspecified atom stereocenters. The number of carbonyl (C=O) groups excluding carboxylic acids is 1. The molecule has 0 bridgehead atoms. The van der Waals surface area contributed by atoms with Gasteiger partial charge in [-0.1, -0.05) is 17.7 Å². The molecule has 0 spiro atoms. The number of amides is 1. The summed E-state index contributed by atoms with van der Waals surface area (Å²) < 4.78 is 50.8. The molecule has 7 nitrogen and oxygen atoms in total. The van der Waals surface area contributed by atoms with Crippen molar-refractivity contribution in [3.8, 4) is 11.5 Å². The van der Waals surface area contributed by atoms with Crippen LogP contribution in [0.2, 0.25) is 5.02 Å². The van der Waals surface area contributed by atoms with E-state index in [2.05, 4.69) is 5.32 Å². The predicted octanol–water partition coefficient (Wildman–Crippen LogP) is 3.45. The molecule has 11 heteroatoms. The normalized spacial score (nSPS) is 14.0. The molecule has 0 fully saturated rings. The van der Waals surface area contributed by atoms with Crippen LogP contribution in [0.1, 0.15) is 12.5 Å². The molecule has 2 aromatic rings. The zero-order valence-corrected chi connectivity index (χ0v) is 20.0. The maximum Gasteiger partial charge on any atom is 0.243 e. The summed E-state index contributed by atoms with van der Waals surface area (Å²) in [6.45, 7) is 2.58. The third kappa shape index (κ3) is 5.99. The van der Waals surface area contributed by atoms with Crippen molar-refractivity contribution < 1.29 is 27.1 Å². The molecule has 1 aliphatic heterocycles. The molecule has 32 heavy (non-hydrogen) atoms. The first-order valence-electron chi connectivity index (χ1n) is 9.86.